The van der Waals surface area contributed by atoms with Crippen molar-refractivity contribution in [2.75, 3.05) is 12.4 Å². The van der Waals surface area contributed by atoms with Gasteiger partial charge in [0.25, 0.3) is 11.5 Å². The van der Waals surface area contributed by atoms with Crippen molar-refractivity contribution in [3.63, 3.8) is 0 Å². The Morgan fingerprint density at radius 2 is 2.22 bits per heavy atom. The fourth-order valence-electron chi connectivity index (χ4n) is 2.15. The van der Waals surface area contributed by atoms with Crippen molar-refractivity contribution >= 4 is 39.5 Å². The molecule has 0 aliphatic rings. The van der Waals surface area contributed by atoms with Crippen LogP contribution in [0, 0.1) is 6.92 Å². The minimum Gasteiger partial charge on any atom is -0.495 e. The molecule has 0 aliphatic carbocycles. The summed E-state index contributed by atoms with van der Waals surface area (Å²) in [5, 5.41) is 4.89. The van der Waals surface area contributed by atoms with E-state index in [2.05, 4.69) is 10.3 Å². The van der Waals surface area contributed by atoms with Gasteiger partial charge in [0, 0.05) is 22.3 Å². The number of halogens is 1. The first-order valence-electron chi connectivity index (χ1n) is 6.62. The highest BCUT2D eigenvalue weighted by atomic mass is 35.5. The van der Waals surface area contributed by atoms with Crippen LogP contribution in [-0.2, 0) is 0 Å². The molecule has 8 heteroatoms. The molecule has 1 aromatic carbocycles. The Bertz CT molecular complexity index is 964. The SMILES string of the molecule is COc1ccc(Cl)cc1NC(=O)c1cnc2scc(C)n2c1=O. The van der Waals surface area contributed by atoms with Gasteiger partial charge < -0.3 is 10.1 Å². The maximum Gasteiger partial charge on any atom is 0.271 e. The summed E-state index contributed by atoms with van der Waals surface area (Å²) in [7, 11) is 1.48. The second kappa shape index (κ2) is 6.02. The van der Waals surface area contributed by atoms with Gasteiger partial charge in [0.2, 0.25) is 0 Å². The molecule has 0 aliphatic heterocycles. The van der Waals surface area contributed by atoms with E-state index in [0.717, 1.165) is 5.69 Å². The number of benzene rings is 1. The number of amides is 1. The monoisotopic (exact) mass is 349 g/mol. The Balaban J connectivity index is 2.02. The fourth-order valence-corrected chi connectivity index (χ4v) is 3.15. The van der Waals surface area contributed by atoms with E-state index in [0.29, 0.717) is 21.4 Å². The van der Waals surface area contributed by atoms with Gasteiger partial charge in [-0.25, -0.2) is 4.98 Å². The van der Waals surface area contributed by atoms with E-state index in [4.69, 9.17) is 16.3 Å². The number of aryl methyl sites for hydroxylation is 1. The summed E-state index contributed by atoms with van der Waals surface area (Å²) < 4.78 is 6.59. The van der Waals surface area contributed by atoms with Crippen LogP contribution in [0.15, 0.2) is 34.6 Å². The zero-order valence-electron chi connectivity index (χ0n) is 12.3. The van der Waals surface area contributed by atoms with Crippen LogP contribution < -0.4 is 15.6 Å². The minimum absolute atomic E-state index is 0.0500. The molecule has 1 amide bonds. The standard InChI is InChI=1S/C15H12ClN3O3S/c1-8-7-23-15-17-6-10(14(21)19(8)15)13(20)18-11-5-9(16)3-4-12(11)22-2/h3-7H,1-2H3,(H,18,20). The number of thiazole rings is 1. The third kappa shape index (κ3) is 2.80. The van der Waals surface area contributed by atoms with Gasteiger partial charge >= 0.3 is 0 Å². The first-order valence-corrected chi connectivity index (χ1v) is 7.88. The lowest BCUT2D eigenvalue weighted by atomic mass is 10.2. The summed E-state index contributed by atoms with van der Waals surface area (Å²) in [5.74, 6) is -0.119. The fraction of sp³-hybridized carbons (Fsp3) is 0.133. The van der Waals surface area contributed by atoms with Crippen LogP contribution in [0.3, 0.4) is 0 Å². The van der Waals surface area contributed by atoms with Crippen LogP contribution in [0.4, 0.5) is 5.69 Å². The molecular formula is C15H12ClN3O3S. The smallest absolute Gasteiger partial charge is 0.271 e. The number of hydrogen-bond donors (Lipinski definition) is 1. The van der Waals surface area contributed by atoms with Crippen LogP contribution in [0.1, 0.15) is 16.1 Å². The molecule has 3 rings (SSSR count). The van der Waals surface area contributed by atoms with E-state index in [1.807, 2.05) is 5.38 Å². The summed E-state index contributed by atoms with van der Waals surface area (Å²) in [6.45, 7) is 1.79. The first-order chi connectivity index (χ1) is 11.0. The lowest BCUT2D eigenvalue weighted by Crippen LogP contribution is -2.26. The van der Waals surface area contributed by atoms with Gasteiger partial charge in [0.05, 0.1) is 12.8 Å². The molecule has 3 aromatic rings. The second-order valence-electron chi connectivity index (χ2n) is 4.77. The third-order valence-corrected chi connectivity index (χ3v) is 4.46. The number of anilines is 1. The Morgan fingerprint density at radius 3 is 2.96 bits per heavy atom. The summed E-state index contributed by atoms with van der Waals surface area (Å²) in [6.07, 6.45) is 1.28. The van der Waals surface area contributed by atoms with E-state index in [9.17, 15) is 9.59 Å². The van der Waals surface area contributed by atoms with Crippen molar-refractivity contribution in [3.8, 4) is 5.75 Å². The molecule has 118 valence electrons. The summed E-state index contributed by atoms with van der Waals surface area (Å²) in [5.41, 5.74) is 0.660. The van der Waals surface area contributed by atoms with Crippen LogP contribution in [0.5, 0.6) is 5.75 Å². The number of hydrogen-bond acceptors (Lipinski definition) is 5. The van der Waals surface area contributed by atoms with Crippen LogP contribution in [0.2, 0.25) is 5.02 Å². The molecule has 1 N–H and O–H groups in total. The van der Waals surface area contributed by atoms with Crippen LogP contribution >= 0.6 is 22.9 Å². The van der Waals surface area contributed by atoms with Gasteiger partial charge in [-0.2, -0.15) is 0 Å². The number of carbonyl (C=O) groups is 1. The third-order valence-electron chi connectivity index (χ3n) is 3.27. The van der Waals surface area contributed by atoms with Crippen molar-refractivity contribution in [2.45, 2.75) is 6.92 Å². The number of nitrogens with zero attached hydrogens (tertiary/aromatic N) is 2. The largest absolute Gasteiger partial charge is 0.495 e. The van der Waals surface area contributed by atoms with Crippen molar-refractivity contribution in [2.24, 2.45) is 0 Å². The van der Waals surface area contributed by atoms with Crippen LogP contribution in [0.25, 0.3) is 4.96 Å². The van der Waals surface area contributed by atoms with E-state index < -0.39 is 11.5 Å². The topological polar surface area (TPSA) is 72.7 Å². The number of rotatable bonds is 3. The number of fused-ring (bicyclic) bond motifs is 1. The molecule has 0 saturated carbocycles. The number of carbonyl (C=O) groups excluding carboxylic acids is 1. The molecule has 6 nitrogen and oxygen atoms in total. The molecule has 0 spiro atoms. The van der Waals surface area contributed by atoms with Crippen LogP contribution in [-0.4, -0.2) is 22.4 Å². The lowest BCUT2D eigenvalue weighted by molar-refractivity contribution is 0.102. The predicted molar refractivity (Wildman–Crippen MR) is 90.0 cm³/mol. The first kappa shape index (κ1) is 15.5. The molecular weight excluding hydrogens is 338 g/mol. The van der Waals surface area contributed by atoms with Gasteiger partial charge in [0.15, 0.2) is 4.96 Å². The van der Waals surface area contributed by atoms with Gasteiger partial charge in [-0.05, 0) is 25.1 Å². The van der Waals surface area contributed by atoms with Crippen molar-refractivity contribution in [1.29, 1.82) is 0 Å². The van der Waals surface area contributed by atoms with E-state index in [1.54, 1.807) is 25.1 Å². The highest BCUT2D eigenvalue weighted by molar-refractivity contribution is 7.15. The highest BCUT2D eigenvalue weighted by Gasteiger charge is 2.17. The Morgan fingerprint density at radius 1 is 1.43 bits per heavy atom. The zero-order chi connectivity index (χ0) is 16.6. The maximum absolute atomic E-state index is 12.5. The van der Waals surface area contributed by atoms with E-state index >= 15 is 0 Å². The Hall–Kier alpha value is -2.38. The van der Waals surface area contributed by atoms with Crippen molar-refractivity contribution in [1.82, 2.24) is 9.38 Å². The lowest BCUT2D eigenvalue weighted by Gasteiger charge is -2.10. The van der Waals surface area contributed by atoms with Crippen molar-refractivity contribution < 1.29 is 9.53 Å². The van der Waals surface area contributed by atoms with Gasteiger partial charge in [0.1, 0.15) is 11.3 Å². The molecule has 2 heterocycles. The summed E-state index contributed by atoms with van der Waals surface area (Å²) in [4.78, 5) is 29.6. The number of aromatic nitrogens is 2. The average Bonchev–Trinajstić information content (AvgIpc) is 2.90. The Labute approximate surface area is 140 Å². The van der Waals surface area contributed by atoms with Gasteiger partial charge in [-0.1, -0.05) is 11.6 Å². The van der Waals surface area contributed by atoms with E-state index in [1.165, 1.54) is 29.0 Å². The molecule has 0 atom stereocenters. The summed E-state index contributed by atoms with van der Waals surface area (Å²) >= 11 is 7.28. The molecule has 0 saturated heterocycles. The normalized spacial score (nSPS) is 10.7. The molecule has 2 aromatic heterocycles. The quantitative estimate of drug-likeness (QED) is 0.789. The van der Waals surface area contributed by atoms with Gasteiger partial charge in [-0.3, -0.25) is 14.0 Å². The second-order valence-corrected chi connectivity index (χ2v) is 6.04. The van der Waals surface area contributed by atoms with E-state index in [-0.39, 0.29) is 5.56 Å². The molecule has 0 bridgehead atoms. The number of methoxy groups -OCH3 is 1. The molecule has 0 radical (unpaired) electrons. The molecule has 0 unspecified atom stereocenters. The Kier molecular flexibility index (Phi) is 4.06. The zero-order valence-corrected chi connectivity index (χ0v) is 13.9. The number of ether oxygens (including phenoxy) is 1. The highest BCUT2D eigenvalue weighted by Crippen LogP contribution is 2.27. The molecule has 0 fully saturated rings. The minimum atomic E-state index is -0.567. The maximum atomic E-state index is 12.5. The molecule has 23 heavy (non-hydrogen) atoms. The van der Waals surface area contributed by atoms with Crippen molar-refractivity contribution in [3.05, 3.63) is 56.4 Å². The number of nitrogens with one attached hydrogen (secondary N) is 1. The van der Waals surface area contributed by atoms with Gasteiger partial charge in [-0.15, -0.1) is 11.3 Å². The predicted octanol–water partition coefficient (Wildman–Crippen LogP) is 2.98. The summed E-state index contributed by atoms with van der Waals surface area (Å²) in [6, 6.07) is 4.83. The average molecular weight is 350 g/mol.